The van der Waals surface area contributed by atoms with Gasteiger partial charge in [-0.05, 0) is 58.1 Å². The first-order valence-corrected chi connectivity index (χ1v) is 6.72. The SMILES string of the molecule is CN(C)CC1CCN(Cc2cccc(N)n2)CC1. The number of pyridine rings is 1. The minimum atomic E-state index is 0.620. The molecule has 18 heavy (non-hydrogen) atoms. The summed E-state index contributed by atoms with van der Waals surface area (Å²) >= 11 is 0. The number of piperidine rings is 1. The molecule has 2 heterocycles. The molecule has 100 valence electrons. The standard InChI is InChI=1S/C14H24N4/c1-17(2)10-12-6-8-18(9-7-12)11-13-4-3-5-14(15)16-13/h3-5,12H,6-11H2,1-2H3,(H2,15,16). The summed E-state index contributed by atoms with van der Waals surface area (Å²) in [6.45, 7) is 4.49. The highest BCUT2D eigenvalue weighted by molar-refractivity contribution is 5.28. The number of aromatic nitrogens is 1. The first-order valence-electron chi connectivity index (χ1n) is 6.72. The molecule has 0 spiro atoms. The van der Waals surface area contributed by atoms with E-state index in [9.17, 15) is 0 Å². The Labute approximate surface area is 110 Å². The maximum atomic E-state index is 5.71. The molecule has 0 amide bonds. The van der Waals surface area contributed by atoms with E-state index in [-0.39, 0.29) is 0 Å². The molecule has 2 rings (SSSR count). The molecule has 1 aromatic rings. The summed E-state index contributed by atoms with van der Waals surface area (Å²) in [5.74, 6) is 1.47. The highest BCUT2D eigenvalue weighted by Crippen LogP contribution is 2.19. The average molecular weight is 248 g/mol. The van der Waals surface area contributed by atoms with E-state index in [1.165, 1.54) is 32.5 Å². The number of rotatable bonds is 4. The van der Waals surface area contributed by atoms with Gasteiger partial charge in [0.05, 0.1) is 5.69 Å². The maximum absolute atomic E-state index is 5.71. The van der Waals surface area contributed by atoms with Crippen molar-refractivity contribution in [2.75, 3.05) is 39.5 Å². The number of hydrogen-bond donors (Lipinski definition) is 1. The van der Waals surface area contributed by atoms with Gasteiger partial charge in [0.1, 0.15) is 5.82 Å². The van der Waals surface area contributed by atoms with E-state index in [0.717, 1.165) is 18.2 Å². The number of anilines is 1. The molecule has 2 N–H and O–H groups in total. The number of nitrogen functional groups attached to an aromatic ring is 1. The number of hydrogen-bond acceptors (Lipinski definition) is 4. The Balaban J connectivity index is 1.80. The van der Waals surface area contributed by atoms with Crippen molar-refractivity contribution < 1.29 is 0 Å². The van der Waals surface area contributed by atoms with E-state index in [4.69, 9.17) is 5.73 Å². The minimum Gasteiger partial charge on any atom is -0.384 e. The second kappa shape index (κ2) is 6.16. The molecule has 0 aliphatic carbocycles. The summed E-state index contributed by atoms with van der Waals surface area (Å²) in [4.78, 5) is 9.13. The molecule has 0 unspecified atom stereocenters. The Morgan fingerprint density at radius 1 is 1.33 bits per heavy atom. The van der Waals surface area contributed by atoms with Gasteiger partial charge < -0.3 is 10.6 Å². The van der Waals surface area contributed by atoms with Gasteiger partial charge in [-0.25, -0.2) is 4.98 Å². The summed E-state index contributed by atoms with van der Waals surface area (Å²) in [6.07, 6.45) is 2.58. The van der Waals surface area contributed by atoms with Gasteiger partial charge in [-0.3, -0.25) is 4.90 Å². The lowest BCUT2D eigenvalue weighted by Crippen LogP contribution is -2.36. The molecular weight excluding hydrogens is 224 g/mol. The molecule has 0 atom stereocenters. The second-order valence-electron chi connectivity index (χ2n) is 5.54. The Hall–Kier alpha value is -1.13. The highest BCUT2D eigenvalue weighted by atomic mass is 15.1. The van der Waals surface area contributed by atoms with E-state index in [1.54, 1.807) is 0 Å². The zero-order chi connectivity index (χ0) is 13.0. The van der Waals surface area contributed by atoms with E-state index in [2.05, 4.69) is 34.9 Å². The number of likely N-dealkylation sites (tertiary alicyclic amines) is 1. The van der Waals surface area contributed by atoms with Gasteiger partial charge in [0.2, 0.25) is 0 Å². The van der Waals surface area contributed by atoms with Gasteiger partial charge >= 0.3 is 0 Å². The van der Waals surface area contributed by atoms with Crippen molar-refractivity contribution in [3.05, 3.63) is 23.9 Å². The van der Waals surface area contributed by atoms with Crippen LogP contribution in [0.5, 0.6) is 0 Å². The van der Waals surface area contributed by atoms with Gasteiger partial charge in [0.15, 0.2) is 0 Å². The number of nitrogens with two attached hydrogens (primary N) is 1. The van der Waals surface area contributed by atoms with Crippen molar-refractivity contribution in [1.82, 2.24) is 14.8 Å². The molecule has 1 fully saturated rings. The lowest BCUT2D eigenvalue weighted by Gasteiger charge is -2.32. The molecule has 4 heteroatoms. The van der Waals surface area contributed by atoms with Crippen LogP contribution in [0.3, 0.4) is 0 Å². The first kappa shape index (κ1) is 13.3. The molecular formula is C14H24N4. The topological polar surface area (TPSA) is 45.4 Å². The Kier molecular flexibility index (Phi) is 4.55. The van der Waals surface area contributed by atoms with Gasteiger partial charge in [0, 0.05) is 13.1 Å². The third-order valence-corrected chi connectivity index (χ3v) is 3.54. The predicted octanol–water partition coefficient (Wildman–Crippen LogP) is 1.44. The summed E-state index contributed by atoms with van der Waals surface area (Å²) < 4.78 is 0. The lowest BCUT2D eigenvalue weighted by atomic mass is 9.96. The minimum absolute atomic E-state index is 0.620. The molecule has 1 saturated heterocycles. The molecule has 0 saturated carbocycles. The largest absolute Gasteiger partial charge is 0.384 e. The van der Waals surface area contributed by atoms with Crippen LogP contribution in [-0.4, -0.2) is 48.5 Å². The first-order chi connectivity index (χ1) is 8.63. The van der Waals surface area contributed by atoms with E-state index in [0.29, 0.717) is 5.82 Å². The van der Waals surface area contributed by atoms with Gasteiger partial charge in [0.25, 0.3) is 0 Å². The van der Waals surface area contributed by atoms with Crippen molar-refractivity contribution in [3.8, 4) is 0 Å². The van der Waals surface area contributed by atoms with Crippen molar-refractivity contribution in [2.45, 2.75) is 19.4 Å². The fraction of sp³-hybridized carbons (Fsp3) is 0.643. The van der Waals surface area contributed by atoms with Crippen LogP contribution >= 0.6 is 0 Å². The van der Waals surface area contributed by atoms with Crippen molar-refractivity contribution in [2.24, 2.45) is 5.92 Å². The average Bonchev–Trinajstić information content (AvgIpc) is 2.31. The fourth-order valence-corrected chi connectivity index (χ4v) is 2.66. The van der Waals surface area contributed by atoms with E-state index in [1.807, 2.05) is 12.1 Å². The molecule has 4 nitrogen and oxygen atoms in total. The summed E-state index contributed by atoms with van der Waals surface area (Å²) in [5.41, 5.74) is 6.79. The third kappa shape index (κ3) is 3.96. The van der Waals surface area contributed by atoms with Crippen LogP contribution in [0.15, 0.2) is 18.2 Å². The Morgan fingerprint density at radius 3 is 2.67 bits per heavy atom. The smallest absolute Gasteiger partial charge is 0.123 e. The predicted molar refractivity (Wildman–Crippen MR) is 75.2 cm³/mol. The number of nitrogens with zero attached hydrogens (tertiary/aromatic N) is 3. The van der Waals surface area contributed by atoms with Crippen LogP contribution in [0.25, 0.3) is 0 Å². The quantitative estimate of drug-likeness (QED) is 0.876. The summed E-state index contributed by atoms with van der Waals surface area (Å²) in [6, 6.07) is 5.88. The molecule has 1 aliphatic rings. The Morgan fingerprint density at radius 2 is 2.06 bits per heavy atom. The van der Waals surface area contributed by atoms with Gasteiger partial charge in [-0.1, -0.05) is 6.07 Å². The van der Waals surface area contributed by atoms with Crippen molar-refractivity contribution >= 4 is 5.82 Å². The second-order valence-corrected chi connectivity index (χ2v) is 5.54. The van der Waals surface area contributed by atoms with Crippen LogP contribution < -0.4 is 5.73 Å². The molecule has 0 bridgehead atoms. The fourth-order valence-electron chi connectivity index (χ4n) is 2.66. The lowest BCUT2D eigenvalue weighted by molar-refractivity contribution is 0.155. The van der Waals surface area contributed by atoms with Crippen LogP contribution in [0.4, 0.5) is 5.82 Å². The van der Waals surface area contributed by atoms with Crippen molar-refractivity contribution in [3.63, 3.8) is 0 Å². The van der Waals surface area contributed by atoms with Gasteiger partial charge in [-0.15, -0.1) is 0 Å². The third-order valence-electron chi connectivity index (χ3n) is 3.54. The van der Waals surface area contributed by atoms with E-state index >= 15 is 0 Å². The monoisotopic (exact) mass is 248 g/mol. The highest BCUT2D eigenvalue weighted by Gasteiger charge is 2.19. The molecule has 0 aromatic carbocycles. The maximum Gasteiger partial charge on any atom is 0.123 e. The van der Waals surface area contributed by atoms with Crippen LogP contribution in [0, 0.1) is 5.92 Å². The van der Waals surface area contributed by atoms with Crippen LogP contribution in [0.2, 0.25) is 0 Å². The Bertz CT molecular complexity index is 370. The van der Waals surface area contributed by atoms with E-state index < -0.39 is 0 Å². The molecule has 0 radical (unpaired) electrons. The normalized spacial score (nSPS) is 18.4. The molecule has 1 aliphatic heterocycles. The summed E-state index contributed by atoms with van der Waals surface area (Å²) in [5, 5.41) is 0. The zero-order valence-corrected chi connectivity index (χ0v) is 11.5. The zero-order valence-electron chi connectivity index (χ0n) is 11.5. The van der Waals surface area contributed by atoms with Crippen LogP contribution in [0.1, 0.15) is 18.5 Å². The summed E-state index contributed by atoms with van der Waals surface area (Å²) in [7, 11) is 4.31. The van der Waals surface area contributed by atoms with Crippen molar-refractivity contribution in [1.29, 1.82) is 0 Å². The van der Waals surface area contributed by atoms with Gasteiger partial charge in [-0.2, -0.15) is 0 Å². The van der Waals surface area contributed by atoms with Crippen LogP contribution in [-0.2, 0) is 6.54 Å². The molecule has 1 aromatic heterocycles.